The first-order valence-electron chi connectivity index (χ1n) is 8.65. The minimum absolute atomic E-state index is 0. The number of nitrogens with one attached hydrogen (secondary N) is 1. The molecule has 24 heavy (non-hydrogen) atoms. The summed E-state index contributed by atoms with van der Waals surface area (Å²) in [6.45, 7) is 3.62. The minimum atomic E-state index is 0. The van der Waals surface area contributed by atoms with E-state index >= 15 is 0 Å². The first kappa shape index (κ1) is 22.7. The van der Waals surface area contributed by atoms with E-state index in [9.17, 15) is 0 Å². The molecule has 1 aliphatic heterocycles. The molecular formula is C18H28Br2Cl2N2. The van der Waals surface area contributed by atoms with Gasteiger partial charge in [-0.25, -0.2) is 0 Å². The van der Waals surface area contributed by atoms with Crippen molar-refractivity contribution in [3.8, 4) is 0 Å². The maximum absolute atomic E-state index is 6.09. The van der Waals surface area contributed by atoms with Crippen molar-refractivity contribution in [2.24, 2.45) is 0 Å². The number of halogens is 4. The zero-order valence-corrected chi connectivity index (χ0v) is 18.9. The van der Waals surface area contributed by atoms with Gasteiger partial charge in [0.05, 0.1) is 10.0 Å². The van der Waals surface area contributed by atoms with Gasteiger partial charge in [-0.1, -0.05) is 42.1 Å². The molecule has 0 amide bonds. The number of likely N-dealkylation sites (tertiary alicyclic amines) is 1. The normalized spacial score (nSPS) is 24.2. The Morgan fingerprint density at radius 3 is 2.38 bits per heavy atom. The van der Waals surface area contributed by atoms with E-state index in [1.165, 1.54) is 57.2 Å². The van der Waals surface area contributed by atoms with Crippen LogP contribution in [0.15, 0.2) is 18.2 Å². The van der Waals surface area contributed by atoms with Gasteiger partial charge in [0.25, 0.3) is 0 Å². The van der Waals surface area contributed by atoms with Crippen molar-refractivity contribution in [3.63, 3.8) is 0 Å². The van der Waals surface area contributed by atoms with Crippen LogP contribution in [-0.2, 0) is 6.42 Å². The first-order chi connectivity index (χ1) is 10.7. The number of hydrogen-bond acceptors (Lipinski definition) is 2. The lowest BCUT2D eigenvalue weighted by molar-refractivity contribution is 0.149. The predicted octanol–water partition coefficient (Wildman–Crippen LogP) is 5.69. The molecule has 2 atom stereocenters. The van der Waals surface area contributed by atoms with Gasteiger partial charge in [0, 0.05) is 12.1 Å². The summed E-state index contributed by atoms with van der Waals surface area (Å²) in [5.41, 5.74) is 1.26. The maximum Gasteiger partial charge on any atom is 0.0595 e. The maximum atomic E-state index is 6.09. The molecule has 2 nitrogen and oxygen atoms in total. The average Bonchev–Trinajstić information content (AvgIpc) is 3.05. The molecule has 6 heteroatoms. The predicted molar refractivity (Wildman–Crippen MR) is 116 cm³/mol. The SMILES string of the molecule is Br.Br.Clc1ccc(CCN[C@@H]2CCCC[C@@H]2N2CCCC2)cc1Cl. The highest BCUT2D eigenvalue weighted by Gasteiger charge is 2.30. The van der Waals surface area contributed by atoms with E-state index in [1.807, 2.05) is 12.1 Å². The minimum Gasteiger partial charge on any atom is -0.312 e. The average molecular weight is 503 g/mol. The van der Waals surface area contributed by atoms with Crippen molar-refractivity contribution in [3.05, 3.63) is 33.8 Å². The van der Waals surface area contributed by atoms with E-state index in [-0.39, 0.29) is 34.0 Å². The quantitative estimate of drug-likeness (QED) is 0.556. The molecule has 0 bridgehead atoms. The van der Waals surface area contributed by atoms with Gasteiger partial charge in [0.15, 0.2) is 0 Å². The Hall–Kier alpha value is 0.680. The van der Waals surface area contributed by atoms with Crippen LogP contribution in [-0.4, -0.2) is 36.6 Å². The zero-order chi connectivity index (χ0) is 15.4. The van der Waals surface area contributed by atoms with E-state index < -0.39 is 0 Å². The molecule has 3 rings (SSSR count). The van der Waals surface area contributed by atoms with Gasteiger partial charge < -0.3 is 5.32 Å². The fraction of sp³-hybridized carbons (Fsp3) is 0.667. The van der Waals surface area contributed by atoms with Gasteiger partial charge in [-0.2, -0.15) is 0 Å². The van der Waals surface area contributed by atoms with Crippen molar-refractivity contribution < 1.29 is 0 Å². The second-order valence-electron chi connectivity index (χ2n) is 6.65. The molecule has 1 heterocycles. The van der Waals surface area contributed by atoms with E-state index in [0.29, 0.717) is 16.1 Å². The monoisotopic (exact) mass is 500 g/mol. The summed E-state index contributed by atoms with van der Waals surface area (Å²) in [7, 11) is 0. The van der Waals surface area contributed by atoms with Crippen molar-refractivity contribution >= 4 is 57.2 Å². The molecule has 1 aromatic rings. The van der Waals surface area contributed by atoms with Crippen molar-refractivity contribution in [2.45, 2.75) is 57.0 Å². The summed E-state index contributed by atoms with van der Waals surface area (Å²) in [6, 6.07) is 7.38. The number of rotatable bonds is 5. The molecule has 0 spiro atoms. The summed E-state index contributed by atoms with van der Waals surface area (Å²) < 4.78 is 0. The highest BCUT2D eigenvalue weighted by atomic mass is 79.9. The molecule has 138 valence electrons. The van der Waals surface area contributed by atoms with Crippen LogP contribution in [0.1, 0.15) is 44.1 Å². The van der Waals surface area contributed by atoms with Crippen LogP contribution in [0.3, 0.4) is 0 Å². The molecule has 1 aromatic carbocycles. The lowest BCUT2D eigenvalue weighted by atomic mass is 9.89. The topological polar surface area (TPSA) is 15.3 Å². The Kier molecular flexibility index (Phi) is 10.8. The molecule has 0 unspecified atom stereocenters. The van der Waals surface area contributed by atoms with Crippen molar-refractivity contribution in [2.75, 3.05) is 19.6 Å². The van der Waals surface area contributed by atoms with Crippen molar-refractivity contribution in [1.29, 1.82) is 0 Å². The van der Waals surface area contributed by atoms with Crippen LogP contribution in [0.2, 0.25) is 10.0 Å². The second-order valence-corrected chi connectivity index (χ2v) is 7.47. The zero-order valence-electron chi connectivity index (χ0n) is 14.0. The van der Waals surface area contributed by atoms with Gasteiger partial charge >= 0.3 is 0 Å². The third-order valence-corrected chi connectivity index (χ3v) is 5.88. The number of benzene rings is 1. The molecule has 2 fully saturated rings. The van der Waals surface area contributed by atoms with E-state index in [4.69, 9.17) is 23.2 Å². The Balaban J connectivity index is 0.00000144. The van der Waals surface area contributed by atoms with Crippen LogP contribution in [0.25, 0.3) is 0 Å². The highest BCUT2D eigenvalue weighted by Crippen LogP contribution is 2.26. The van der Waals surface area contributed by atoms with Gasteiger partial charge in [-0.05, 0) is 69.4 Å². The second kappa shape index (κ2) is 11.4. The standard InChI is InChI=1S/C18H26Cl2N2.2BrH/c19-15-8-7-14(13-16(15)20)9-10-21-17-5-1-2-6-18(17)22-11-3-4-12-22;;/h7-8,13,17-18,21H,1-6,9-12H2;2*1H/t17-,18+;;/m1../s1. The van der Waals surface area contributed by atoms with E-state index in [1.54, 1.807) is 0 Å². The molecule has 1 saturated carbocycles. The summed E-state index contributed by atoms with van der Waals surface area (Å²) in [4.78, 5) is 2.72. The van der Waals surface area contributed by atoms with Crippen LogP contribution < -0.4 is 5.32 Å². The molecule has 0 radical (unpaired) electrons. The smallest absolute Gasteiger partial charge is 0.0595 e. The first-order valence-corrected chi connectivity index (χ1v) is 9.41. The fourth-order valence-corrected chi connectivity index (χ4v) is 4.28. The Labute approximate surface area is 177 Å². The van der Waals surface area contributed by atoms with Crippen LogP contribution >= 0.6 is 57.2 Å². The Morgan fingerprint density at radius 2 is 1.67 bits per heavy atom. The molecule has 1 saturated heterocycles. The molecule has 1 aliphatic carbocycles. The lowest BCUT2D eigenvalue weighted by Crippen LogP contribution is -2.51. The molecular weight excluding hydrogens is 475 g/mol. The fourth-order valence-electron chi connectivity index (χ4n) is 3.96. The number of hydrogen-bond donors (Lipinski definition) is 1. The third-order valence-electron chi connectivity index (χ3n) is 5.14. The summed E-state index contributed by atoms with van der Waals surface area (Å²) in [5.74, 6) is 0. The van der Waals surface area contributed by atoms with Gasteiger partial charge in [-0.3, -0.25) is 4.90 Å². The van der Waals surface area contributed by atoms with E-state index in [0.717, 1.165) is 19.0 Å². The number of nitrogens with zero attached hydrogens (tertiary/aromatic N) is 1. The van der Waals surface area contributed by atoms with Gasteiger partial charge in [-0.15, -0.1) is 34.0 Å². The van der Waals surface area contributed by atoms with Crippen LogP contribution in [0, 0.1) is 0 Å². The van der Waals surface area contributed by atoms with Gasteiger partial charge in [0.1, 0.15) is 0 Å². The molecule has 1 N–H and O–H groups in total. The largest absolute Gasteiger partial charge is 0.312 e. The summed E-state index contributed by atoms with van der Waals surface area (Å²) >= 11 is 12.1. The van der Waals surface area contributed by atoms with E-state index in [2.05, 4.69) is 16.3 Å². The highest BCUT2D eigenvalue weighted by molar-refractivity contribution is 8.93. The van der Waals surface area contributed by atoms with Crippen LogP contribution in [0.4, 0.5) is 0 Å². The molecule has 0 aromatic heterocycles. The summed E-state index contributed by atoms with van der Waals surface area (Å²) in [5, 5.41) is 5.11. The third kappa shape index (κ3) is 6.14. The van der Waals surface area contributed by atoms with Crippen LogP contribution in [0.5, 0.6) is 0 Å². The van der Waals surface area contributed by atoms with Gasteiger partial charge in [0.2, 0.25) is 0 Å². The molecule has 2 aliphatic rings. The Bertz CT molecular complexity index is 496. The lowest BCUT2D eigenvalue weighted by Gasteiger charge is -2.38. The van der Waals surface area contributed by atoms with Crippen molar-refractivity contribution in [1.82, 2.24) is 10.2 Å². The Morgan fingerprint density at radius 1 is 0.958 bits per heavy atom. The summed E-state index contributed by atoms with van der Waals surface area (Å²) in [6.07, 6.45) is 9.23.